The number of benzene rings is 1. The molecule has 0 fully saturated rings. The quantitative estimate of drug-likeness (QED) is 0.678. The smallest absolute Gasteiger partial charge is 0.0930 e. The molecule has 0 unspecified atom stereocenters. The lowest BCUT2D eigenvalue weighted by Crippen LogP contribution is -2.19. The molecule has 0 heterocycles. The van der Waals surface area contributed by atoms with E-state index in [1.165, 1.54) is 0 Å². The third-order valence-corrected chi connectivity index (χ3v) is 2.08. The molecule has 1 rings (SSSR count). The van der Waals surface area contributed by atoms with Crippen LogP contribution in [0.1, 0.15) is 13.8 Å². The second-order valence-electron chi connectivity index (χ2n) is 2.99. The highest BCUT2D eigenvalue weighted by Crippen LogP contribution is 2.17. The van der Waals surface area contributed by atoms with Crippen LogP contribution in [0.3, 0.4) is 0 Å². The van der Waals surface area contributed by atoms with E-state index in [1.54, 1.807) is 6.08 Å². The second-order valence-corrected chi connectivity index (χ2v) is 2.99. The van der Waals surface area contributed by atoms with Gasteiger partial charge in [0.2, 0.25) is 0 Å². The van der Waals surface area contributed by atoms with Crippen LogP contribution in [0.5, 0.6) is 0 Å². The van der Waals surface area contributed by atoms with E-state index in [0.29, 0.717) is 0 Å². The summed E-state index contributed by atoms with van der Waals surface area (Å²) in [6, 6.07) is 12.1. The summed E-state index contributed by atoms with van der Waals surface area (Å²) < 4.78 is 0. The van der Waals surface area contributed by atoms with Gasteiger partial charge in [0.15, 0.2) is 0 Å². The summed E-state index contributed by atoms with van der Waals surface area (Å²) in [5, 5.41) is 8.57. The molecule has 14 heavy (non-hydrogen) atoms. The molecule has 0 spiro atoms. The van der Waals surface area contributed by atoms with Crippen molar-refractivity contribution in [1.82, 2.24) is 0 Å². The Kier molecular flexibility index (Phi) is 3.75. The largest absolute Gasteiger partial charge is 0.345 e. The average molecular weight is 186 g/mol. The number of nitrogens with zero attached hydrogens (tertiary/aromatic N) is 2. The molecule has 0 saturated heterocycles. The van der Waals surface area contributed by atoms with Crippen molar-refractivity contribution in [2.45, 2.75) is 13.8 Å². The summed E-state index contributed by atoms with van der Waals surface area (Å²) in [7, 11) is 0. The topological polar surface area (TPSA) is 27.0 Å². The van der Waals surface area contributed by atoms with Crippen LogP contribution in [0.4, 0.5) is 5.69 Å². The molecule has 0 radical (unpaired) electrons. The van der Waals surface area contributed by atoms with Gasteiger partial charge < -0.3 is 4.90 Å². The predicted octanol–water partition coefficient (Wildman–Crippen LogP) is 2.94. The van der Waals surface area contributed by atoms with E-state index in [4.69, 9.17) is 5.26 Å². The van der Waals surface area contributed by atoms with E-state index in [2.05, 4.69) is 11.8 Å². The van der Waals surface area contributed by atoms with Crippen LogP contribution >= 0.6 is 0 Å². The molecule has 0 saturated carbocycles. The summed E-state index contributed by atoms with van der Waals surface area (Å²) in [4.78, 5) is 2.10. The van der Waals surface area contributed by atoms with E-state index in [0.717, 1.165) is 17.9 Å². The Balaban J connectivity index is 2.95. The van der Waals surface area contributed by atoms with Gasteiger partial charge in [0.05, 0.1) is 6.07 Å². The van der Waals surface area contributed by atoms with Crippen LogP contribution in [0.15, 0.2) is 42.1 Å². The van der Waals surface area contributed by atoms with Gasteiger partial charge in [0.25, 0.3) is 0 Å². The van der Waals surface area contributed by atoms with Crippen LogP contribution in [0, 0.1) is 11.3 Å². The Morgan fingerprint density at radius 3 is 2.57 bits per heavy atom. The molecule has 0 amide bonds. The highest BCUT2D eigenvalue weighted by Gasteiger charge is 2.04. The van der Waals surface area contributed by atoms with Gasteiger partial charge in [-0.1, -0.05) is 18.2 Å². The molecule has 0 N–H and O–H groups in total. The van der Waals surface area contributed by atoms with Crippen LogP contribution < -0.4 is 4.90 Å². The lowest BCUT2D eigenvalue weighted by molar-refractivity contribution is 0.954. The summed E-state index contributed by atoms with van der Waals surface area (Å²) in [6.45, 7) is 4.88. The molecule has 0 bridgehead atoms. The third kappa shape index (κ3) is 2.37. The first-order valence-corrected chi connectivity index (χ1v) is 4.68. The lowest BCUT2D eigenvalue weighted by atomic mass is 10.2. The first-order chi connectivity index (χ1) is 6.79. The van der Waals surface area contributed by atoms with Crippen molar-refractivity contribution in [3.63, 3.8) is 0 Å². The van der Waals surface area contributed by atoms with Gasteiger partial charge in [-0.15, -0.1) is 0 Å². The Labute approximate surface area is 85.1 Å². The average Bonchev–Trinajstić information content (AvgIpc) is 2.21. The zero-order chi connectivity index (χ0) is 10.4. The van der Waals surface area contributed by atoms with Gasteiger partial charge in [0.1, 0.15) is 0 Å². The Bertz CT molecular complexity index is 346. The van der Waals surface area contributed by atoms with Crippen molar-refractivity contribution in [1.29, 1.82) is 5.26 Å². The zero-order valence-electron chi connectivity index (χ0n) is 8.57. The standard InChI is InChI=1S/C12H14N2/c1-3-14(11(2)9-10-13)12-7-5-4-6-8-12/h4-9H,3H2,1-2H3/b11-9-. The molecule has 0 aromatic heterocycles. The zero-order valence-corrected chi connectivity index (χ0v) is 8.57. The minimum atomic E-state index is 0.869. The maximum atomic E-state index is 8.57. The predicted molar refractivity (Wildman–Crippen MR) is 58.8 cm³/mol. The monoisotopic (exact) mass is 186 g/mol. The number of hydrogen-bond acceptors (Lipinski definition) is 2. The fourth-order valence-corrected chi connectivity index (χ4v) is 1.41. The molecule has 1 aromatic carbocycles. The Morgan fingerprint density at radius 1 is 1.43 bits per heavy atom. The van der Waals surface area contributed by atoms with Gasteiger partial charge in [-0.05, 0) is 26.0 Å². The highest BCUT2D eigenvalue weighted by atomic mass is 15.1. The van der Waals surface area contributed by atoms with Crippen LogP contribution in [-0.2, 0) is 0 Å². The second kappa shape index (κ2) is 5.08. The normalized spacial score (nSPS) is 10.8. The van der Waals surface area contributed by atoms with Gasteiger partial charge in [-0.25, -0.2) is 0 Å². The van der Waals surface area contributed by atoms with Gasteiger partial charge in [-0.2, -0.15) is 5.26 Å². The molecular formula is C12H14N2. The third-order valence-electron chi connectivity index (χ3n) is 2.08. The summed E-state index contributed by atoms with van der Waals surface area (Å²) in [5.41, 5.74) is 2.10. The SMILES string of the molecule is CCN(/C(C)=C\C#N)c1ccccc1. The fourth-order valence-electron chi connectivity index (χ4n) is 1.41. The number of rotatable bonds is 3. The molecule has 0 aliphatic heterocycles. The van der Waals surface area contributed by atoms with Crippen LogP contribution in [0.25, 0.3) is 0 Å². The van der Waals surface area contributed by atoms with E-state index < -0.39 is 0 Å². The van der Waals surface area contributed by atoms with Crippen molar-refractivity contribution in [3.05, 3.63) is 42.1 Å². The minimum absolute atomic E-state index is 0.869. The number of hydrogen-bond donors (Lipinski definition) is 0. The maximum absolute atomic E-state index is 8.57. The van der Waals surface area contributed by atoms with Crippen molar-refractivity contribution in [2.75, 3.05) is 11.4 Å². The van der Waals surface area contributed by atoms with Crippen molar-refractivity contribution in [2.24, 2.45) is 0 Å². The first kappa shape index (κ1) is 10.3. The van der Waals surface area contributed by atoms with Crippen molar-refractivity contribution >= 4 is 5.69 Å². The molecular weight excluding hydrogens is 172 g/mol. The van der Waals surface area contributed by atoms with Crippen molar-refractivity contribution in [3.8, 4) is 6.07 Å². The van der Waals surface area contributed by atoms with E-state index in [-0.39, 0.29) is 0 Å². The maximum Gasteiger partial charge on any atom is 0.0930 e. The van der Waals surface area contributed by atoms with Gasteiger partial charge >= 0.3 is 0 Å². The molecule has 72 valence electrons. The van der Waals surface area contributed by atoms with E-state index in [9.17, 15) is 0 Å². The highest BCUT2D eigenvalue weighted by molar-refractivity contribution is 5.51. The summed E-state index contributed by atoms with van der Waals surface area (Å²) >= 11 is 0. The molecule has 2 heteroatoms. The van der Waals surface area contributed by atoms with E-state index >= 15 is 0 Å². The minimum Gasteiger partial charge on any atom is -0.345 e. The van der Waals surface area contributed by atoms with Gasteiger partial charge in [0, 0.05) is 24.0 Å². The Morgan fingerprint density at radius 2 is 2.07 bits per heavy atom. The number of nitriles is 1. The summed E-state index contributed by atoms with van der Waals surface area (Å²) in [6.07, 6.45) is 1.57. The van der Waals surface area contributed by atoms with E-state index in [1.807, 2.05) is 43.3 Å². The number of anilines is 1. The number of para-hydroxylation sites is 1. The fraction of sp³-hybridized carbons (Fsp3) is 0.250. The van der Waals surface area contributed by atoms with Crippen molar-refractivity contribution < 1.29 is 0 Å². The van der Waals surface area contributed by atoms with Gasteiger partial charge in [-0.3, -0.25) is 0 Å². The Hall–Kier alpha value is -1.75. The van der Waals surface area contributed by atoms with Crippen LogP contribution in [0.2, 0.25) is 0 Å². The lowest BCUT2D eigenvalue weighted by Gasteiger charge is -2.22. The summed E-state index contributed by atoms with van der Waals surface area (Å²) in [5.74, 6) is 0. The number of allylic oxidation sites excluding steroid dienone is 2. The molecule has 0 aliphatic rings. The molecule has 2 nitrogen and oxygen atoms in total. The molecule has 1 aromatic rings. The molecule has 0 aliphatic carbocycles. The molecule has 0 atom stereocenters. The van der Waals surface area contributed by atoms with Crippen LogP contribution in [-0.4, -0.2) is 6.54 Å². The first-order valence-electron chi connectivity index (χ1n) is 4.68.